The van der Waals surface area contributed by atoms with Crippen molar-refractivity contribution < 1.29 is 13.2 Å². The van der Waals surface area contributed by atoms with E-state index in [2.05, 4.69) is 5.32 Å². The number of carbonyl (C=O) groups is 1. The van der Waals surface area contributed by atoms with Gasteiger partial charge in [-0.2, -0.15) is 4.31 Å². The Hall–Kier alpha value is -0.820. The molecular weight excluding hydrogens is 371 g/mol. The maximum absolute atomic E-state index is 12.8. The summed E-state index contributed by atoms with van der Waals surface area (Å²) >= 11 is 11.8. The van der Waals surface area contributed by atoms with Crippen molar-refractivity contribution in [2.24, 2.45) is 5.92 Å². The van der Waals surface area contributed by atoms with E-state index in [1.54, 1.807) is 12.1 Å². The fourth-order valence-electron chi connectivity index (χ4n) is 2.87. The van der Waals surface area contributed by atoms with Crippen molar-refractivity contribution in [1.82, 2.24) is 4.31 Å². The van der Waals surface area contributed by atoms with E-state index in [9.17, 15) is 13.2 Å². The summed E-state index contributed by atoms with van der Waals surface area (Å²) in [6.07, 6.45) is 3.22. The van der Waals surface area contributed by atoms with E-state index in [-0.39, 0.29) is 10.8 Å². The molecule has 1 saturated heterocycles. The van der Waals surface area contributed by atoms with Gasteiger partial charge in [-0.1, -0.05) is 12.5 Å². The minimum Gasteiger partial charge on any atom is -0.325 e. The topological polar surface area (TPSA) is 66.5 Å². The first kappa shape index (κ1) is 18.0. The second-order valence-electron chi connectivity index (χ2n) is 6.45. The number of nitrogens with one attached hydrogen (secondary N) is 1. The first-order chi connectivity index (χ1) is 11.2. The number of nitrogens with zero attached hydrogens (tertiary/aromatic N) is 1. The van der Waals surface area contributed by atoms with Crippen molar-refractivity contribution in [3.8, 4) is 0 Å². The van der Waals surface area contributed by atoms with E-state index < -0.39 is 20.3 Å². The van der Waals surface area contributed by atoms with Crippen LogP contribution in [0.3, 0.4) is 0 Å². The summed E-state index contributed by atoms with van der Waals surface area (Å²) in [4.78, 5) is 12.4. The fraction of sp³-hybridized carbons (Fsp3) is 0.562. The van der Waals surface area contributed by atoms with Crippen LogP contribution in [0.25, 0.3) is 0 Å². The van der Waals surface area contributed by atoms with Crippen LogP contribution in [0.1, 0.15) is 31.2 Å². The highest BCUT2D eigenvalue weighted by Gasteiger charge is 2.56. The smallest absolute Gasteiger partial charge is 0.243 e. The molecule has 1 aliphatic heterocycles. The molecule has 0 aromatic heterocycles. The first-order valence-corrected chi connectivity index (χ1v) is 10.2. The normalized spacial score (nSPS) is 23.7. The molecule has 1 heterocycles. The maximum Gasteiger partial charge on any atom is 0.243 e. The Morgan fingerprint density at radius 1 is 1.25 bits per heavy atom. The van der Waals surface area contributed by atoms with Crippen molar-refractivity contribution in [1.29, 1.82) is 0 Å². The third-order valence-electron chi connectivity index (χ3n) is 4.56. The molecule has 1 atom stereocenters. The van der Waals surface area contributed by atoms with Crippen molar-refractivity contribution >= 4 is 44.8 Å². The van der Waals surface area contributed by atoms with E-state index in [4.69, 9.17) is 23.2 Å². The summed E-state index contributed by atoms with van der Waals surface area (Å²) in [5.41, 5.74) is 1.27. The Bertz CT molecular complexity index is 759. The van der Waals surface area contributed by atoms with Crippen molar-refractivity contribution in [2.75, 3.05) is 18.4 Å². The van der Waals surface area contributed by atoms with Crippen LogP contribution in [0.5, 0.6) is 0 Å². The average Bonchev–Trinajstić information content (AvgIpc) is 3.19. The second-order valence-corrected chi connectivity index (χ2v) is 9.93. The molecule has 0 unspecified atom stereocenters. The predicted molar refractivity (Wildman–Crippen MR) is 95.0 cm³/mol. The zero-order valence-corrected chi connectivity index (χ0v) is 15.7. The summed E-state index contributed by atoms with van der Waals surface area (Å²) in [6.45, 7) is 2.90. The molecule has 0 spiro atoms. The van der Waals surface area contributed by atoms with E-state index in [1.165, 1.54) is 10.4 Å². The molecule has 3 rings (SSSR count). The minimum absolute atomic E-state index is 0.198. The molecule has 8 heteroatoms. The van der Waals surface area contributed by atoms with Crippen molar-refractivity contribution in [3.05, 3.63) is 23.8 Å². The van der Waals surface area contributed by atoms with E-state index in [0.717, 1.165) is 24.8 Å². The van der Waals surface area contributed by atoms with Crippen LogP contribution >= 0.6 is 23.2 Å². The molecule has 0 bridgehead atoms. The van der Waals surface area contributed by atoms with Gasteiger partial charge in [0, 0.05) is 18.8 Å². The van der Waals surface area contributed by atoms with Crippen molar-refractivity contribution in [2.45, 2.75) is 41.8 Å². The lowest BCUT2D eigenvalue weighted by atomic mass is 10.2. The molecule has 1 amide bonds. The number of rotatable bonds is 4. The Labute approximate surface area is 152 Å². The van der Waals surface area contributed by atoms with Gasteiger partial charge in [0.1, 0.15) is 4.33 Å². The molecule has 1 aromatic carbocycles. The number of amides is 1. The van der Waals surface area contributed by atoms with Crippen LogP contribution in [0.15, 0.2) is 23.1 Å². The number of halogens is 2. The summed E-state index contributed by atoms with van der Waals surface area (Å²) in [7, 11) is -3.53. The van der Waals surface area contributed by atoms with Gasteiger partial charge >= 0.3 is 0 Å². The summed E-state index contributed by atoms with van der Waals surface area (Å²) in [5, 5.41) is 2.75. The highest BCUT2D eigenvalue weighted by atomic mass is 35.5. The number of aryl methyl sites for hydroxylation is 1. The van der Waals surface area contributed by atoms with Crippen LogP contribution in [-0.2, 0) is 14.8 Å². The standard InChI is InChI=1S/C16H20Cl2N2O3S/c1-11-5-6-12(24(22,23)20-7-3-2-4-8-20)9-14(11)19-15(21)13-10-16(13,17)18/h5-6,9,13H,2-4,7-8,10H2,1H3,(H,19,21)/t13-/m0/s1. The van der Waals surface area contributed by atoms with Gasteiger partial charge < -0.3 is 5.32 Å². The maximum atomic E-state index is 12.8. The van der Waals surface area contributed by atoms with Gasteiger partial charge in [0.05, 0.1) is 10.8 Å². The van der Waals surface area contributed by atoms with Gasteiger partial charge in [-0.05, 0) is 43.9 Å². The molecule has 1 aliphatic carbocycles. The SMILES string of the molecule is Cc1ccc(S(=O)(=O)N2CCCCC2)cc1NC(=O)[C@@H]1CC1(Cl)Cl. The Morgan fingerprint density at radius 2 is 1.88 bits per heavy atom. The highest BCUT2D eigenvalue weighted by molar-refractivity contribution is 7.89. The number of sulfonamides is 1. The monoisotopic (exact) mass is 390 g/mol. The molecule has 5 nitrogen and oxygen atoms in total. The van der Waals surface area contributed by atoms with Crippen LogP contribution in [0, 0.1) is 12.8 Å². The van der Waals surface area contributed by atoms with Gasteiger partial charge in [0.25, 0.3) is 0 Å². The van der Waals surface area contributed by atoms with Crippen LogP contribution in [-0.4, -0.2) is 36.1 Å². The zero-order chi connectivity index (χ0) is 17.5. The fourth-order valence-corrected chi connectivity index (χ4v) is 4.92. The number of hydrogen-bond donors (Lipinski definition) is 1. The number of hydrogen-bond acceptors (Lipinski definition) is 3. The third-order valence-corrected chi connectivity index (χ3v) is 7.29. The Kier molecular flexibility index (Phi) is 4.86. The number of benzene rings is 1. The van der Waals surface area contributed by atoms with Gasteiger partial charge in [0.15, 0.2) is 0 Å². The lowest BCUT2D eigenvalue weighted by Gasteiger charge is -2.26. The Balaban J connectivity index is 1.82. The van der Waals surface area contributed by atoms with Gasteiger partial charge in [-0.3, -0.25) is 4.79 Å². The lowest BCUT2D eigenvalue weighted by molar-refractivity contribution is -0.117. The summed E-state index contributed by atoms with van der Waals surface area (Å²) in [5.74, 6) is -0.738. The molecule has 1 saturated carbocycles. The van der Waals surface area contributed by atoms with E-state index in [0.29, 0.717) is 25.2 Å². The molecule has 1 aromatic rings. The highest BCUT2D eigenvalue weighted by Crippen LogP contribution is 2.53. The van der Waals surface area contributed by atoms with Gasteiger partial charge in [-0.15, -0.1) is 23.2 Å². The minimum atomic E-state index is -3.53. The van der Waals surface area contributed by atoms with Crippen LogP contribution in [0.4, 0.5) is 5.69 Å². The Morgan fingerprint density at radius 3 is 2.46 bits per heavy atom. The second kappa shape index (κ2) is 6.48. The molecule has 24 heavy (non-hydrogen) atoms. The first-order valence-electron chi connectivity index (χ1n) is 8.01. The number of piperidine rings is 1. The zero-order valence-electron chi connectivity index (χ0n) is 13.4. The predicted octanol–water partition coefficient (Wildman–Crippen LogP) is 3.30. The summed E-state index contributed by atoms with van der Waals surface area (Å²) < 4.78 is 26.0. The van der Waals surface area contributed by atoms with Crippen LogP contribution < -0.4 is 5.32 Å². The average molecular weight is 391 g/mol. The molecule has 2 fully saturated rings. The number of anilines is 1. The van der Waals surface area contributed by atoms with Gasteiger partial charge in [0.2, 0.25) is 15.9 Å². The van der Waals surface area contributed by atoms with Crippen LogP contribution in [0.2, 0.25) is 0 Å². The molecule has 2 aliphatic rings. The van der Waals surface area contributed by atoms with E-state index >= 15 is 0 Å². The number of alkyl halides is 2. The third kappa shape index (κ3) is 3.57. The lowest BCUT2D eigenvalue weighted by Crippen LogP contribution is -2.35. The molecule has 0 radical (unpaired) electrons. The quantitative estimate of drug-likeness (QED) is 0.801. The van der Waals surface area contributed by atoms with Gasteiger partial charge in [-0.25, -0.2) is 8.42 Å². The largest absolute Gasteiger partial charge is 0.325 e. The molecular formula is C16H20Cl2N2O3S. The number of carbonyl (C=O) groups excluding carboxylic acids is 1. The summed E-state index contributed by atoms with van der Waals surface area (Å²) in [6, 6.07) is 4.80. The molecule has 132 valence electrons. The van der Waals surface area contributed by atoms with Crippen molar-refractivity contribution in [3.63, 3.8) is 0 Å². The molecule has 1 N–H and O–H groups in total. The van der Waals surface area contributed by atoms with E-state index in [1.807, 2.05) is 6.92 Å².